The number of amides is 2. The maximum absolute atomic E-state index is 13.2. The summed E-state index contributed by atoms with van der Waals surface area (Å²) < 4.78 is 0. The Kier molecular flexibility index (Phi) is 7.56. The Bertz CT molecular complexity index is 1690. The zero-order valence-corrected chi connectivity index (χ0v) is 28.1. The molecule has 2 aromatic heterocycles. The molecule has 4 heterocycles. The van der Waals surface area contributed by atoms with Crippen LogP contribution >= 0.6 is 0 Å². The Hall–Kier alpha value is -4.28. The summed E-state index contributed by atoms with van der Waals surface area (Å²) >= 11 is 0. The Morgan fingerprint density at radius 2 is 1.19 bits per heavy atom. The number of hydrogen-bond acceptors (Lipinski definition) is 6. The summed E-state index contributed by atoms with van der Waals surface area (Å²) in [5.41, 5.74) is 18.7. The van der Waals surface area contributed by atoms with Crippen LogP contribution in [0.4, 0.5) is 0 Å². The van der Waals surface area contributed by atoms with E-state index >= 15 is 0 Å². The minimum Gasteiger partial charge on any atom is -0.346 e. The summed E-state index contributed by atoms with van der Waals surface area (Å²) in [5, 5.41) is 0. The van der Waals surface area contributed by atoms with Crippen molar-refractivity contribution >= 4 is 11.8 Å². The van der Waals surface area contributed by atoms with E-state index in [-0.39, 0.29) is 35.7 Å². The SMILES string of the molecule is CC(C)[C@H](N)C(=O)N1[C@@H]2CC2C[C@H]1c1nc(-c2ccc(-c3ccc(-c4cnc([C@@H]5C[C@H]6C[C@H]6N5C(=O)[C@@H](N)C(C)C)[nH]4)cc3)cc2)c[nH]1. The van der Waals surface area contributed by atoms with Crippen LogP contribution in [0.2, 0.25) is 0 Å². The highest BCUT2D eigenvalue weighted by Crippen LogP contribution is 2.54. The zero-order valence-electron chi connectivity index (χ0n) is 28.1. The van der Waals surface area contributed by atoms with Crippen LogP contribution in [0.3, 0.4) is 0 Å². The molecule has 4 aliphatic rings. The molecule has 0 radical (unpaired) electrons. The smallest absolute Gasteiger partial charge is 0.240 e. The minimum absolute atomic E-state index is 0.0385. The van der Waals surface area contributed by atoms with E-state index < -0.39 is 12.1 Å². The van der Waals surface area contributed by atoms with E-state index in [2.05, 4.69) is 58.5 Å². The molecule has 4 fully saturated rings. The number of H-pyrrole nitrogens is 2. The van der Waals surface area contributed by atoms with Crippen molar-refractivity contribution < 1.29 is 9.59 Å². The molecule has 4 aromatic rings. The van der Waals surface area contributed by atoms with Crippen molar-refractivity contribution in [3.8, 4) is 33.6 Å². The highest BCUT2D eigenvalue weighted by Gasteiger charge is 2.57. The lowest BCUT2D eigenvalue weighted by Gasteiger charge is -2.30. The third kappa shape index (κ3) is 5.35. The number of nitrogens with two attached hydrogens (primary N) is 2. The van der Waals surface area contributed by atoms with Gasteiger partial charge in [0, 0.05) is 23.8 Å². The first-order chi connectivity index (χ1) is 23.1. The van der Waals surface area contributed by atoms with Gasteiger partial charge in [0.15, 0.2) is 0 Å². The zero-order chi connectivity index (χ0) is 33.4. The number of carbonyl (C=O) groups is 2. The number of aromatic nitrogens is 4. The summed E-state index contributed by atoms with van der Waals surface area (Å²) in [7, 11) is 0. The normalized spacial score (nSPS) is 26.9. The first-order valence-electron chi connectivity index (χ1n) is 17.6. The molecule has 0 spiro atoms. The average molecular weight is 647 g/mol. The monoisotopic (exact) mass is 646 g/mol. The van der Waals surface area contributed by atoms with Crippen LogP contribution in [0.1, 0.15) is 77.1 Å². The Balaban J connectivity index is 0.943. The standard InChI is InChI=1S/C38H46N8O2/c1-19(2)33(39)37(47)45-29-13-25(29)15-31(45)35-41-17-27(43-35)23-9-5-21(6-10-23)22-7-11-24(12-8-22)28-18-42-36(44-28)32-16-26-14-30(26)46(32)38(48)34(40)20(3)4/h5-12,17-20,25-26,29-34H,13-16,39-40H2,1-4H3,(H,41,43)(H,42,44)/t25-,26?,29-,30-,31+,32+,33+,34+/m1/s1. The van der Waals surface area contributed by atoms with Crippen LogP contribution in [0.5, 0.6) is 0 Å². The van der Waals surface area contributed by atoms with Crippen molar-refractivity contribution in [1.29, 1.82) is 0 Å². The second-order valence-electron chi connectivity index (χ2n) is 15.2. The van der Waals surface area contributed by atoms with Gasteiger partial charge in [-0.2, -0.15) is 0 Å². The summed E-state index contributed by atoms with van der Waals surface area (Å²) in [4.78, 5) is 47.0. The van der Waals surface area contributed by atoms with Gasteiger partial charge in [0.1, 0.15) is 11.6 Å². The molecule has 8 rings (SSSR count). The highest BCUT2D eigenvalue weighted by atomic mass is 16.2. The minimum atomic E-state index is -0.487. The van der Waals surface area contributed by atoms with Crippen molar-refractivity contribution in [1.82, 2.24) is 29.7 Å². The average Bonchev–Trinajstić information content (AvgIpc) is 3.69. The molecule has 8 atom stereocenters. The number of rotatable bonds is 9. The van der Waals surface area contributed by atoms with Crippen LogP contribution in [0, 0.1) is 23.7 Å². The number of nitrogens with zero attached hydrogens (tertiary/aromatic N) is 4. The number of imidazole rings is 2. The van der Waals surface area contributed by atoms with E-state index in [0.29, 0.717) is 23.9 Å². The molecule has 2 aliphatic heterocycles. The third-order valence-electron chi connectivity index (χ3n) is 11.3. The van der Waals surface area contributed by atoms with Gasteiger partial charge < -0.3 is 31.2 Å². The second kappa shape index (κ2) is 11.7. The van der Waals surface area contributed by atoms with Crippen LogP contribution in [0.25, 0.3) is 33.6 Å². The molecular formula is C38H46N8O2. The fourth-order valence-corrected chi connectivity index (χ4v) is 7.93. The van der Waals surface area contributed by atoms with Crippen molar-refractivity contribution in [2.24, 2.45) is 35.1 Å². The van der Waals surface area contributed by atoms with Gasteiger partial charge in [-0.05, 0) is 66.0 Å². The van der Waals surface area contributed by atoms with Gasteiger partial charge in [0.05, 0.1) is 41.8 Å². The highest BCUT2D eigenvalue weighted by molar-refractivity contribution is 5.84. The molecule has 1 unspecified atom stereocenters. The van der Waals surface area contributed by atoms with Gasteiger partial charge in [-0.1, -0.05) is 76.2 Å². The Morgan fingerprint density at radius 1 is 0.708 bits per heavy atom. The van der Waals surface area contributed by atoms with E-state index in [1.807, 2.05) is 49.9 Å². The van der Waals surface area contributed by atoms with Gasteiger partial charge in [0.2, 0.25) is 11.8 Å². The van der Waals surface area contributed by atoms with Crippen LogP contribution in [0.15, 0.2) is 60.9 Å². The first-order valence-corrected chi connectivity index (χ1v) is 17.6. The largest absolute Gasteiger partial charge is 0.346 e. The lowest BCUT2D eigenvalue weighted by molar-refractivity contribution is -0.136. The van der Waals surface area contributed by atoms with Gasteiger partial charge in [-0.3, -0.25) is 9.59 Å². The molecule has 2 amide bonds. The molecule has 2 saturated carbocycles. The van der Waals surface area contributed by atoms with Crippen molar-refractivity contribution in [3.05, 3.63) is 72.6 Å². The summed E-state index contributed by atoms with van der Waals surface area (Å²) in [5.74, 6) is 3.07. The number of piperidine rings is 2. The Morgan fingerprint density at radius 3 is 1.71 bits per heavy atom. The van der Waals surface area contributed by atoms with Gasteiger partial charge >= 0.3 is 0 Å². The van der Waals surface area contributed by atoms with Crippen molar-refractivity contribution in [3.63, 3.8) is 0 Å². The maximum atomic E-state index is 13.2. The van der Waals surface area contributed by atoms with Crippen molar-refractivity contribution in [2.75, 3.05) is 0 Å². The summed E-state index contributed by atoms with van der Waals surface area (Å²) in [6.07, 6.45) is 7.83. The van der Waals surface area contributed by atoms with Crippen molar-refractivity contribution in [2.45, 2.75) is 89.6 Å². The molecule has 2 saturated heterocycles. The first kappa shape index (κ1) is 31.0. The molecule has 0 bridgehead atoms. The second-order valence-corrected chi connectivity index (χ2v) is 15.2. The van der Waals surface area contributed by atoms with E-state index in [1.165, 1.54) is 0 Å². The molecule has 10 heteroatoms. The van der Waals surface area contributed by atoms with Crippen LogP contribution in [-0.4, -0.2) is 65.7 Å². The van der Waals surface area contributed by atoms with Gasteiger partial charge in [0.25, 0.3) is 0 Å². The topological polar surface area (TPSA) is 150 Å². The van der Waals surface area contributed by atoms with Crippen LogP contribution < -0.4 is 11.5 Å². The maximum Gasteiger partial charge on any atom is 0.240 e. The number of benzene rings is 2. The van der Waals surface area contributed by atoms with Gasteiger partial charge in [-0.25, -0.2) is 9.97 Å². The molecule has 10 nitrogen and oxygen atoms in total. The molecule has 48 heavy (non-hydrogen) atoms. The number of aromatic amines is 2. The molecule has 2 aliphatic carbocycles. The van der Waals surface area contributed by atoms with Crippen LogP contribution in [-0.2, 0) is 9.59 Å². The predicted octanol–water partition coefficient (Wildman–Crippen LogP) is 5.42. The van der Waals surface area contributed by atoms with E-state index in [1.54, 1.807) is 0 Å². The lowest BCUT2D eigenvalue weighted by Crippen LogP contribution is -2.47. The quantitative estimate of drug-likeness (QED) is 0.191. The van der Waals surface area contributed by atoms with E-state index in [4.69, 9.17) is 21.4 Å². The fraction of sp³-hybridized carbons (Fsp3) is 0.474. The number of likely N-dealkylation sites (tertiary alicyclic amines) is 2. The molecular weight excluding hydrogens is 600 g/mol. The van der Waals surface area contributed by atoms with E-state index in [9.17, 15) is 9.59 Å². The molecule has 6 N–H and O–H groups in total. The Labute approximate surface area is 281 Å². The summed E-state index contributed by atoms with van der Waals surface area (Å²) in [6, 6.07) is 16.4. The summed E-state index contributed by atoms with van der Waals surface area (Å²) in [6.45, 7) is 7.99. The fourth-order valence-electron chi connectivity index (χ4n) is 7.93. The number of hydrogen-bond donors (Lipinski definition) is 4. The third-order valence-corrected chi connectivity index (χ3v) is 11.3. The number of nitrogens with one attached hydrogen (secondary N) is 2. The number of fused-ring (bicyclic) bond motifs is 2. The predicted molar refractivity (Wildman–Crippen MR) is 185 cm³/mol. The molecule has 250 valence electrons. The van der Waals surface area contributed by atoms with E-state index in [0.717, 1.165) is 71.0 Å². The molecule has 2 aromatic carbocycles. The lowest BCUT2D eigenvalue weighted by atomic mass is 10.0. The number of carbonyl (C=O) groups excluding carboxylic acids is 2. The van der Waals surface area contributed by atoms with Gasteiger partial charge in [-0.15, -0.1) is 0 Å².